The number of hydrogen-bond donors (Lipinski definition) is 2. The Kier molecular flexibility index (Phi) is 7.81. The minimum atomic E-state index is -0.523. The normalized spacial score (nSPS) is 12.0. The monoisotopic (exact) mass is 390 g/mol. The lowest BCUT2D eigenvalue weighted by Crippen LogP contribution is -2.38. The molecule has 0 aliphatic heterocycles. The van der Waals surface area contributed by atoms with Crippen LogP contribution in [-0.2, 0) is 11.3 Å². The molecular weight excluding hydrogens is 364 g/mol. The van der Waals surface area contributed by atoms with Gasteiger partial charge in [0, 0.05) is 7.05 Å². The highest BCUT2D eigenvalue weighted by Gasteiger charge is 2.22. The van der Waals surface area contributed by atoms with Crippen LogP contribution >= 0.6 is 11.8 Å². The molecule has 8 nitrogen and oxygen atoms in total. The van der Waals surface area contributed by atoms with Crippen molar-refractivity contribution >= 4 is 23.7 Å². The predicted octanol–water partition coefficient (Wildman–Crippen LogP) is 1.89. The third-order valence-electron chi connectivity index (χ3n) is 4.05. The number of aromatic nitrogens is 3. The second-order valence-corrected chi connectivity index (χ2v) is 7.16. The van der Waals surface area contributed by atoms with Gasteiger partial charge in [0.1, 0.15) is 0 Å². The standard InChI is InChI=1S/C18H26N6O2S/c1-5-14(23(3)4)16-21-22-18(27-12-15(25)20-17(26)19-2)24(16)11-13-9-7-6-8-10-13/h6-10,14H,5,11-12H2,1-4H3,(H2,19,20,25,26). The molecule has 1 atom stereocenters. The van der Waals surface area contributed by atoms with E-state index >= 15 is 0 Å². The number of benzene rings is 1. The second-order valence-electron chi connectivity index (χ2n) is 6.22. The van der Waals surface area contributed by atoms with Crippen LogP contribution in [0.1, 0.15) is 30.8 Å². The van der Waals surface area contributed by atoms with E-state index in [-0.39, 0.29) is 17.7 Å². The Hall–Kier alpha value is -2.39. The van der Waals surface area contributed by atoms with Crippen LogP contribution in [0.15, 0.2) is 35.5 Å². The van der Waals surface area contributed by atoms with Crippen molar-refractivity contribution in [3.63, 3.8) is 0 Å². The first-order valence-electron chi connectivity index (χ1n) is 8.74. The van der Waals surface area contributed by atoms with Gasteiger partial charge >= 0.3 is 6.03 Å². The van der Waals surface area contributed by atoms with Crippen LogP contribution in [0.25, 0.3) is 0 Å². The van der Waals surface area contributed by atoms with Crippen molar-refractivity contribution in [2.24, 2.45) is 0 Å². The van der Waals surface area contributed by atoms with Gasteiger partial charge in [0.05, 0.1) is 18.3 Å². The zero-order valence-electron chi connectivity index (χ0n) is 16.1. The number of rotatable bonds is 8. The minimum Gasteiger partial charge on any atom is -0.341 e. The number of imide groups is 1. The molecule has 1 aromatic heterocycles. The largest absolute Gasteiger partial charge is 0.341 e. The summed E-state index contributed by atoms with van der Waals surface area (Å²) in [5.74, 6) is 0.564. The highest BCUT2D eigenvalue weighted by molar-refractivity contribution is 7.99. The van der Waals surface area contributed by atoms with Gasteiger partial charge in [-0.05, 0) is 26.1 Å². The van der Waals surface area contributed by atoms with Crippen molar-refractivity contribution in [2.75, 3.05) is 26.9 Å². The fourth-order valence-electron chi connectivity index (χ4n) is 2.70. The van der Waals surface area contributed by atoms with Crippen molar-refractivity contribution in [3.05, 3.63) is 41.7 Å². The van der Waals surface area contributed by atoms with Crippen LogP contribution in [0, 0.1) is 0 Å². The number of urea groups is 1. The molecular formula is C18H26N6O2S. The Labute approximate surface area is 163 Å². The van der Waals surface area contributed by atoms with Gasteiger partial charge in [0.25, 0.3) is 0 Å². The Morgan fingerprint density at radius 1 is 1.22 bits per heavy atom. The molecule has 0 saturated carbocycles. The molecule has 27 heavy (non-hydrogen) atoms. The van der Waals surface area contributed by atoms with Crippen LogP contribution < -0.4 is 10.6 Å². The molecule has 1 aromatic carbocycles. The van der Waals surface area contributed by atoms with E-state index in [1.54, 1.807) is 0 Å². The summed E-state index contributed by atoms with van der Waals surface area (Å²) in [5.41, 5.74) is 1.13. The van der Waals surface area contributed by atoms with E-state index in [2.05, 4.69) is 32.7 Å². The zero-order valence-corrected chi connectivity index (χ0v) is 16.9. The van der Waals surface area contributed by atoms with Gasteiger partial charge in [-0.15, -0.1) is 10.2 Å². The van der Waals surface area contributed by atoms with E-state index in [1.807, 2.05) is 49.0 Å². The van der Waals surface area contributed by atoms with Gasteiger partial charge in [-0.25, -0.2) is 4.79 Å². The average molecular weight is 391 g/mol. The molecule has 2 aromatic rings. The second kappa shape index (κ2) is 10.1. The van der Waals surface area contributed by atoms with E-state index in [0.717, 1.165) is 17.8 Å². The fourth-order valence-corrected chi connectivity index (χ4v) is 3.45. The zero-order chi connectivity index (χ0) is 19.8. The summed E-state index contributed by atoms with van der Waals surface area (Å²) in [4.78, 5) is 25.3. The van der Waals surface area contributed by atoms with Crippen molar-refractivity contribution in [3.8, 4) is 0 Å². The van der Waals surface area contributed by atoms with E-state index < -0.39 is 6.03 Å². The maximum atomic E-state index is 11.9. The lowest BCUT2D eigenvalue weighted by molar-refractivity contribution is -0.117. The van der Waals surface area contributed by atoms with Crippen LogP contribution in [-0.4, -0.2) is 58.5 Å². The summed E-state index contributed by atoms with van der Waals surface area (Å²) in [6.07, 6.45) is 0.891. The topological polar surface area (TPSA) is 92.1 Å². The molecule has 0 fully saturated rings. The van der Waals surface area contributed by atoms with Crippen molar-refractivity contribution in [1.29, 1.82) is 0 Å². The third-order valence-corrected chi connectivity index (χ3v) is 5.02. The third kappa shape index (κ3) is 5.80. The summed E-state index contributed by atoms with van der Waals surface area (Å²) >= 11 is 1.27. The highest BCUT2D eigenvalue weighted by atomic mass is 32.2. The number of hydrogen-bond acceptors (Lipinski definition) is 6. The van der Waals surface area contributed by atoms with Crippen LogP contribution in [0.2, 0.25) is 0 Å². The van der Waals surface area contributed by atoms with Gasteiger partial charge in [-0.2, -0.15) is 0 Å². The molecule has 0 aliphatic rings. The first-order chi connectivity index (χ1) is 13.0. The first kappa shape index (κ1) is 20.9. The lowest BCUT2D eigenvalue weighted by atomic mass is 10.2. The van der Waals surface area contributed by atoms with E-state index in [1.165, 1.54) is 18.8 Å². The summed E-state index contributed by atoms with van der Waals surface area (Å²) in [6.45, 7) is 2.72. The molecule has 1 unspecified atom stereocenters. The van der Waals surface area contributed by atoms with Gasteiger partial charge < -0.3 is 9.88 Å². The lowest BCUT2D eigenvalue weighted by Gasteiger charge is -2.23. The summed E-state index contributed by atoms with van der Waals surface area (Å²) in [6, 6.07) is 9.66. The molecule has 0 aliphatic carbocycles. The maximum absolute atomic E-state index is 11.9. The molecule has 0 bridgehead atoms. The first-order valence-corrected chi connectivity index (χ1v) is 9.72. The molecule has 3 amide bonds. The SMILES string of the molecule is CCC(c1nnc(SCC(=O)NC(=O)NC)n1Cc1ccccc1)N(C)C. The maximum Gasteiger partial charge on any atom is 0.321 e. The Bertz CT molecular complexity index is 762. The molecule has 146 valence electrons. The van der Waals surface area contributed by atoms with Crippen LogP contribution in [0.3, 0.4) is 0 Å². The molecule has 9 heteroatoms. The number of carbonyl (C=O) groups is 2. The molecule has 0 spiro atoms. The van der Waals surface area contributed by atoms with Crippen molar-refractivity contribution in [1.82, 2.24) is 30.3 Å². The van der Waals surface area contributed by atoms with Crippen LogP contribution in [0.5, 0.6) is 0 Å². The number of amides is 3. The Morgan fingerprint density at radius 2 is 1.93 bits per heavy atom. The summed E-state index contributed by atoms with van der Waals surface area (Å²) < 4.78 is 2.04. The summed E-state index contributed by atoms with van der Waals surface area (Å²) in [5, 5.41) is 14.0. The Balaban J connectivity index is 2.24. The van der Waals surface area contributed by atoms with Crippen LogP contribution in [0.4, 0.5) is 4.79 Å². The molecule has 0 saturated heterocycles. The Morgan fingerprint density at radius 3 is 2.52 bits per heavy atom. The van der Waals surface area contributed by atoms with Gasteiger partial charge in [-0.1, -0.05) is 49.0 Å². The molecule has 0 radical (unpaired) electrons. The number of nitrogens with one attached hydrogen (secondary N) is 2. The summed E-state index contributed by atoms with van der Waals surface area (Å²) in [7, 11) is 5.49. The van der Waals surface area contributed by atoms with E-state index in [9.17, 15) is 9.59 Å². The minimum absolute atomic E-state index is 0.0824. The fraction of sp³-hybridized carbons (Fsp3) is 0.444. The average Bonchev–Trinajstić information content (AvgIpc) is 3.03. The van der Waals surface area contributed by atoms with Crippen molar-refractivity contribution < 1.29 is 9.59 Å². The molecule has 1 heterocycles. The van der Waals surface area contributed by atoms with Gasteiger partial charge in [-0.3, -0.25) is 15.0 Å². The highest BCUT2D eigenvalue weighted by Crippen LogP contribution is 2.26. The smallest absolute Gasteiger partial charge is 0.321 e. The van der Waals surface area contributed by atoms with E-state index in [0.29, 0.717) is 11.7 Å². The van der Waals surface area contributed by atoms with E-state index in [4.69, 9.17) is 0 Å². The molecule has 2 rings (SSSR count). The van der Waals surface area contributed by atoms with Gasteiger partial charge in [0.2, 0.25) is 5.91 Å². The quantitative estimate of drug-likeness (QED) is 0.669. The number of thioether (sulfide) groups is 1. The van der Waals surface area contributed by atoms with Crippen molar-refractivity contribution in [2.45, 2.75) is 31.1 Å². The number of nitrogens with zero attached hydrogens (tertiary/aromatic N) is 4. The number of carbonyl (C=O) groups excluding carboxylic acids is 2. The van der Waals surface area contributed by atoms with Gasteiger partial charge in [0.15, 0.2) is 11.0 Å². The predicted molar refractivity (Wildman–Crippen MR) is 106 cm³/mol. The molecule has 2 N–H and O–H groups in total.